The molecule has 0 fully saturated rings. The molecule has 0 unspecified atom stereocenters. The molecule has 2 aromatic carbocycles. The second-order valence-electron chi connectivity index (χ2n) is 6.32. The maximum absolute atomic E-state index is 10.8. The van der Waals surface area contributed by atoms with Crippen molar-refractivity contribution < 1.29 is 12.3 Å². The normalized spacial score (nSPS) is 11.2. The van der Waals surface area contributed by atoms with Crippen LogP contribution in [0, 0.1) is 10.1 Å². The number of azide groups is 1. The molecule has 0 radical (unpaired) electrons. The highest BCUT2D eigenvalue weighted by Gasteiger charge is 2.09. The number of nitro benzene ring substituents is 1. The van der Waals surface area contributed by atoms with Gasteiger partial charge in [-0.3, -0.25) is 15.1 Å². The molecule has 4 rings (SSSR count). The second-order valence-corrected chi connectivity index (χ2v) is 6.32. The lowest BCUT2D eigenvalue weighted by atomic mass is 10.1. The van der Waals surface area contributed by atoms with E-state index >= 15 is 0 Å². The zero-order valence-corrected chi connectivity index (χ0v) is 15.1. The molecule has 148 valence electrons. The summed E-state index contributed by atoms with van der Waals surface area (Å²) in [6.07, 6.45) is 1.77. The molecule has 4 aromatic rings. The standard InChI is InChI=1S/C19H14N8O2.3H2/c20-24-21-10-13-1-8-18-15(9-13)2-5-16(22-18)11-26-12-19(23-25-26)14-3-6-17(7-4-14)27(28)29;;;/h1-9,12H,10-11H2;3*1H/i;2*1+2T;1+2. The van der Waals surface area contributed by atoms with Crippen LogP contribution in [-0.4, -0.2) is 24.9 Å². The van der Waals surface area contributed by atoms with Crippen LogP contribution in [0.5, 0.6) is 0 Å². The number of non-ortho nitro benzene ring substituents is 1. The third kappa shape index (κ3) is 4.02. The van der Waals surface area contributed by atoms with Crippen LogP contribution in [0.15, 0.2) is 65.9 Å². The van der Waals surface area contributed by atoms with Gasteiger partial charge < -0.3 is 0 Å². The third-order valence-electron chi connectivity index (χ3n) is 4.36. The lowest BCUT2D eigenvalue weighted by Crippen LogP contribution is -2.02. The Balaban J connectivity index is 0.00000110. The van der Waals surface area contributed by atoms with Gasteiger partial charge in [0.2, 0.25) is 0 Å². The molecule has 0 aliphatic rings. The molecule has 0 N–H and O–H groups in total. The molecule has 0 bridgehead atoms. The van der Waals surface area contributed by atoms with Gasteiger partial charge in [0.25, 0.3) is 5.69 Å². The van der Waals surface area contributed by atoms with E-state index in [0.29, 0.717) is 18.8 Å². The van der Waals surface area contributed by atoms with E-state index in [1.54, 1.807) is 23.0 Å². The minimum atomic E-state index is -0.439. The van der Waals surface area contributed by atoms with E-state index in [9.17, 15) is 10.1 Å². The molecule has 0 spiro atoms. The highest BCUT2D eigenvalue weighted by Crippen LogP contribution is 2.21. The number of rotatable bonds is 6. The lowest BCUT2D eigenvalue weighted by molar-refractivity contribution is -0.384. The van der Waals surface area contributed by atoms with Crippen LogP contribution in [0.3, 0.4) is 0 Å². The van der Waals surface area contributed by atoms with E-state index in [1.165, 1.54) is 12.1 Å². The molecule has 0 saturated carbocycles. The average Bonchev–Trinajstić information content (AvgIpc) is 3.33. The van der Waals surface area contributed by atoms with Crippen LogP contribution in [0.25, 0.3) is 32.6 Å². The predicted octanol–water partition coefficient (Wildman–Crippen LogP) is 5.00. The molecule has 10 nitrogen and oxygen atoms in total. The van der Waals surface area contributed by atoms with Gasteiger partial charge in [0.1, 0.15) is 5.69 Å². The van der Waals surface area contributed by atoms with Crippen molar-refractivity contribution in [1.29, 1.82) is 0 Å². The molecule has 0 atom stereocenters. The highest BCUT2D eigenvalue weighted by molar-refractivity contribution is 5.79. The molecule has 2 aromatic heterocycles. The monoisotopic (exact) mass is 402 g/mol. The SMILES string of the molecule is [3HH].[3H][3H].[3H][3H].[N-]=[N+]=NCc1ccc2nc(Cn3cc(-c4ccc([N+](=O)[O-])cc4)nn3)ccc2c1. The van der Waals surface area contributed by atoms with Crippen LogP contribution in [-0.2, 0) is 13.1 Å². The molecule has 0 aliphatic heterocycles. The Labute approximate surface area is 171 Å². The van der Waals surface area contributed by atoms with Crippen molar-refractivity contribution in [1.82, 2.24) is 20.0 Å². The van der Waals surface area contributed by atoms with E-state index < -0.39 is 4.92 Å². The van der Waals surface area contributed by atoms with Crippen LogP contribution in [0.4, 0.5) is 5.69 Å². The van der Waals surface area contributed by atoms with Gasteiger partial charge in [-0.25, -0.2) is 4.68 Å². The number of fused-ring (bicyclic) bond motifs is 1. The van der Waals surface area contributed by atoms with E-state index in [0.717, 1.165) is 27.7 Å². The Hall–Kier alpha value is -4.30. The summed E-state index contributed by atoms with van der Waals surface area (Å²) in [4.78, 5) is 17.7. The van der Waals surface area contributed by atoms with Crippen molar-refractivity contribution >= 4 is 16.6 Å². The summed E-state index contributed by atoms with van der Waals surface area (Å²) in [5.41, 5.74) is 12.4. The first-order valence-corrected chi connectivity index (χ1v) is 8.67. The Kier molecular flexibility index (Phi) is 4.20. The van der Waals surface area contributed by atoms with E-state index in [4.69, 9.17) is 11.5 Å². The summed E-state index contributed by atoms with van der Waals surface area (Å²) in [5.74, 6) is 0. The molecule has 29 heavy (non-hydrogen) atoms. The van der Waals surface area contributed by atoms with E-state index in [1.807, 2.05) is 30.3 Å². The Morgan fingerprint density at radius 1 is 1.21 bits per heavy atom. The van der Waals surface area contributed by atoms with E-state index in [-0.39, 0.29) is 7.11 Å². The number of pyridine rings is 1. The first kappa shape index (κ1) is 15.7. The number of aromatic nitrogens is 4. The van der Waals surface area contributed by atoms with Crippen LogP contribution >= 0.6 is 0 Å². The summed E-state index contributed by atoms with van der Waals surface area (Å²) >= 11 is 0. The number of hydrogen-bond donors (Lipinski definition) is 0. The summed E-state index contributed by atoms with van der Waals surface area (Å²) in [5, 5.41) is 23.6. The van der Waals surface area contributed by atoms with Crippen molar-refractivity contribution in [3.8, 4) is 11.3 Å². The van der Waals surface area contributed by atoms with Crippen LogP contribution in [0.2, 0.25) is 0 Å². The maximum Gasteiger partial charge on any atom is 0.269 e. The fraction of sp³-hybridized carbons (Fsp3) is 0.105. The lowest BCUT2D eigenvalue weighted by Gasteiger charge is -2.04. The Morgan fingerprint density at radius 3 is 2.79 bits per heavy atom. The molecule has 10 heteroatoms. The van der Waals surface area contributed by atoms with Crippen molar-refractivity contribution in [2.24, 2.45) is 5.11 Å². The summed E-state index contributed by atoms with van der Waals surface area (Å²) in [6.45, 7) is 0.745. The van der Waals surface area contributed by atoms with Crippen LogP contribution < -0.4 is 0 Å². The minimum absolute atomic E-state index is 0. The Bertz CT molecular complexity index is 1260. The topological polar surface area (TPSA) is 136 Å². The van der Waals surface area contributed by atoms with Gasteiger partial charge in [0, 0.05) is 35.4 Å². The molecular weight excluding hydrogens is 372 g/mol. The number of nitro groups is 1. The third-order valence-corrected chi connectivity index (χ3v) is 4.36. The fourth-order valence-corrected chi connectivity index (χ4v) is 2.94. The summed E-state index contributed by atoms with van der Waals surface area (Å²) < 4.78 is 21.7. The first-order chi connectivity index (χ1) is 16.1. The van der Waals surface area contributed by atoms with Crippen molar-refractivity contribution in [2.75, 3.05) is 0 Å². The van der Waals surface area contributed by atoms with Gasteiger partial charge in [-0.05, 0) is 41.4 Å². The molecule has 2 heterocycles. The number of hydrogen-bond acceptors (Lipinski definition) is 6. The number of benzene rings is 2. The zero-order valence-electron chi connectivity index (χ0n) is 19.1. The fourth-order valence-electron chi connectivity index (χ4n) is 2.94. The van der Waals surface area contributed by atoms with Gasteiger partial charge in [0.05, 0.1) is 35.4 Å². The average molecular weight is 402 g/mol. The van der Waals surface area contributed by atoms with Crippen molar-refractivity contribution in [2.45, 2.75) is 13.1 Å². The molecule has 0 amide bonds. The molecule has 0 saturated heterocycles. The van der Waals surface area contributed by atoms with Gasteiger partial charge in [-0.1, -0.05) is 22.5 Å². The quantitative estimate of drug-likeness (QED) is 0.147. The van der Waals surface area contributed by atoms with Crippen molar-refractivity contribution in [3.63, 3.8) is 0 Å². The van der Waals surface area contributed by atoms with Crippen LogP contribution in [0.1, 0.15) is 18.6 Å². The highest BCUT2D eigenvalue weighted by atomic mass is 16.6. The zero-order chi connectivity index (χ0) is 24.2. The Morgan fingerprint density at radius 2 is 2.03 bits per heavy atom. The first-order valence-electron chi connectivity index (χ1n) is 10.7. The number of nitrogens with zero attached hydrogens (tertiary/aromatic N) is 8. The van der Waals surface area contributed by atoms with Gasteiger partial charge in [0.15, 0.2) is 0 Å². The molecule has 0 aliphatic carbocycles. The van der Waals surface area contributed by atoms with Gasteiger partial charge in [-0.15, -0.1) is 5.10 Å². The second kappa shape index (κ2) is 7.75. The maximum atomic E-state index is 10.8. The van der Waals surface area contributed by atoms with Gasteiger partial charge >= 0.3 is 0 Å². The molecular formula is C19H20N8O2. The smallest absolute Gasteiger partial charge is 0.258 e. The van der Waals surface area contributed by atoms with Crippen molar-refractivity contribution in [3.05, 3.63) is 92.6 Å². The van der Waals surface area contributed by atoms with E-state index in [2.05, 4.69) is 25.3 Å². The predicted molar refractivity (Wildman–Crippen MR) is 112 cm³/mol. The van der Waals surface area contributed by atoms with Gasteiger partial charge in [-0.2, -0.15) is 0 Å². The summed E-state index contributed by atoms with van der Waals surface area (Å²) in [7, 11) is 0. The summed E-state index contributed by atoms with van der Waals surface area (Å²) in [6, 6.07) is 15.8. The largest absolute Gasteiger partial charge is 0.269 e. The minimum Gasteiger partial charge on any atom is -0.258 e.